The first-order valence-corrected chi connectivity index (χ1v) is 11.8. The molecule has 1 amide bonds. The molecular weight excluding hydrogens is 466 g/mol. The van der Waals surface area contributed by atoms with E-state index in [1.807, 2.05) is 42.5 Å². The molecule has 2 N–H and O–H groups in total. The molecule has 0 aliphatic rings. The maximum atomic E-state index is 12.1. The topological polar surface area (TPSA) is 67.2 Å². The fraction of sp³-hybridized carbons (Fsp3) is 0.148. The van der Waals surface area contributed by atoms with Crippen LogP contribution in [0.4, 0.5) is 5.69 Å². The molecule has 0 aliphatic carbocycles. The Morgan fingerprint density at radius 1 is 1.12 bits per heavy atom. The fourth-order valence-electron chi connectivity index (χ4n) is 3.37. The molecule has 0 saturated heterocycles. The Kier molecular flexibility index (Phi) is 7.40. The van der Waals surface area contributed by atoms with Crippen molar-refractivity contribution in [2.45, 2.75) is 26.2 Å². The Balaban J connectivity index is 1.37. The summed E-state index contributed by atoms with van der Waals surface area (Å²) in [7, 11) is 0. The van der Waals surface area contributed by atoms with Gasteiger partial charge in [-0.15, -0.1) is 0 Å². The minimum atomic E-state index is -0.327. The molecule has 7 heteroatoms. The molecule has 4 aromatic rings. The van der Waals surface area contributed by atoms with Gasteiger partial charge in [0.25, 0.3) is 0 Å². The van der Waals surface area contributed by atoms with Crippen LogP contribution in [0.5, 0.6) is 0 Å². The van der Waals surface area contributed by atoms with E-state index in [1.54, 1.807) is 18.2 Å². The maximum Gasteiger partial charge on any atom is 0.250 e. The number of nitrogens with zero attached hydrogens (tertiary/aromatic N) is 1. The number of carbonyl (C=O) groups is 1. The molecular formula is C27H24ClN3O2S. The van der Waals surface area contributed by atoms with Gasteiger partial charge in [-0.05, 0) is 90.3 Å². The Bertz CT molecular complexity index is 1340. The molecule has 3 aromatic carbocycles. The van der Waals surface area contributed by atoms with E-state index in [1.165, 1.54) is 11.6 Å². The van der Waals surface area contributed by atoms with Crippen molar-refractivity contribution >= 4 is 57.7 Å². The predicted octanol–water partition coefficient (Wildman–Crippen LogP) is 7.19. The third-order valence-electron chi connectivity index (χ3n) is 5.52. The highest BCUT2D eigenvalue weighted by atomic mass is 35.5. The lowest BCUT2D eigenvalue weighted by atomic mass is 9.98. The number of amides is 1. The van der Waals surface area contributed by atoms with Crippen LogP contribution >= 0.6 is 23.8 Å². The smallest absolute Gasteiger partial charge is 0.250 e. The van der Waals surface area contributed by atoms with Gasteiger partial charge in [0.1, 0.15) is 5.52 Å². The Labute approximate surface area is 208 Å². The summed E-state index contributed by atoms with van der Waals surface area (Å²) in [6, 6.07) is 20.9. The summed E-state index contributed by atoms with van der Waals surface area (Å²) in [4.78, 5) is 16.8. The second-order valence-corrected chi connectivity index (χ2v) is 8.81. The van der Waals surface area contributed by atoms with Gasteiger partial charge in [0.15, 0.2) is 10.7 Å². The zero-order valence-corrected chi connectivity index (χ0v) is 20.4. The number of halogens is 1. The van der Waals surface area contributed by atoms with E-state index >= 15 is 0 Å². The van der Waals surface area contributed by atoms with Crippen LogP contribution in [-0.4, -0.2) is 16.0 Å². The highest BCUT2D eigenvalue weighted by Gasteiger charge is 2.11. The van der Waals surface area contributed by atoms with Crippen LogP contribution in [-0.2, 0) is 4.79 Å². The standard InChI is InChI=1S/C27H24ClN3O2S/c1-3-17(2)20-9-14-24-23(16-20)30-26(33-24)19-7-12-22(13-8-19)29-27(34)31-25(32)15-6-18-4-10-21(28)11-5-18/h4-17H,3H2,1-2H3,(H2,29,31,32,34)/b15-6+/t17-/m1/s1. The van der Waals surface area contributed by atoms with Crippen molar-refractivity contribution in [3.8, 4) is 11.5 Å². The van der Waals surface area contributed by atoms with E-state index in [2.05, 4.69) is 41.6 Å². The molecule has 4 rings (SSSR count). The van der Waals surface area contributed by atoms with E-state index in [-0.39, 0.29) is 11.0 Å². The van der Waals surface area contributed by atoms with E-state index in [9.17, 15) is 4.79 Å². The van der Waals surface area contributed by atoms with E-state index < -0.39 is 0 Å². The van der Waals surface area contributed by atoms with Crippen molar-refractivity contribution in [2.75, 3.05) is 5.32 Å². The molecule has 0 saturated carbocycles. The quantitative estimate of drug-likeness (QED) is 0.221. The number of hydrogen-bond acceptors (Lipinski definition) is 4. The number of fused-ring (bicyclic) bond motifs is 1. The highest BCUT2D eigenvalue weighted by molar-refractivity contribution is 7.80. The molecule has 34 heavy (non-hydrogen) atoms. The predicted molar refractivity (Wildman–Crippen MR) is 143 cm³/mol. The summed E-state index contributed by atoms with van der Waals surface area (Å²) in [6.45, 7) is 4.38. The van der Waals surface area contributed by atoms with E-state index in [0.29, 0.717) is 16.8 Å². The van der Waals surface area contributed by atoms with Gasteiger partial charge in [-0.25, -0.2) is 4.98 Å². The molecule has 1 atom stereocenters. The van der Waals surface area contributed by atoms with Gasteiger partial charge in [0.2, 0.25) is 11.8 Å². The van der Waals surface area contributed by atoms with Gasteiger partial charge in [0.05, 0.1) is 0 Å². The molecule has 1 heterocycles. The van der Waals surface area contributed by atoms with Crippen molar-refractivity contribution < 1.29 is 9.21 Å². The van der Waals surface area contributed by atoms with Gasteiger partial charge in [-0.3, -0.25) is 10.1 Å². The van der Waals surface area contributed by atoms with Gasteiger partial charge in [-0.2, -0.15) is 0 Å². The molecule has 0 spiro atoms. The fourth-order valence-corrected chi connectivity index (χ4v) is 3.71. The molecule has 172 valence electrons. The summed E-state index contributed by atoms with van der Waals surface area (Å²) < 4.78 is 5.94. The number of rotatable bonds is 6. The third kappa shape index (κ3) is 5.90. The van der Waals surface area contributed by atoms with Gasteiger partial charge < -0.3 is 9.73 Å². The average molecular weight is 490 g/mol. The number of thiocarbonyl (C=S) groups is 1. The number of benzene rings is 3. The summed E-state index contributed by atoms with van der Waals surface area (Å²) in [6.07, 6.45) is 4.18. The first-order chi connectivity index (χ1) is 16.4. The van der Waals surface area contributed by atoms with Crippen LogP contribution in [0.25, 0.3) is 28.6 Å². The zero-order valence-electron chi connectivity index (χ0n) is 18.8. The Morgan fingerprint density at radius 2 is 1.85 bits per heavy atom. The minimum absolute atomic E-state index is 0.206. The normalized spacial score (nSPS) is 12.1. The molecule has 5 nitrogen and oxygen atoms in total. The van der Waals surface area contributed by atoms with E-state index in [4.69, 9.17) is 28.2 Å². The monoisotopic (exact) mass is 489 g/mol. The largest absolute Gasteiger partial charge is 0.436 e. The first-order valence-electron chi connectivity index (χ1n) is 11.0. The number of aromatic nitrogens is 1. The van der Waals surface area contributed by atoms with Gasteiger partial charge in [-0.1, -0.05) is 43.6 Å². The number of hydrogen-bond donors (Lipinski definition) is 2. The first kappa shape index (κ1) is 23.7. The number of anilines is 1. The highest BCUT2D eigenvalue weighted by Crippen LogP contribution is 2.28. The molecule has 0 fully saturated rings. The van der Waals surface area contributed by atoms with Crippen LogP contribution < -0.4 is 10.6 Å². The van der Waals surface area contributed by atoms with E-state index in [0.717, 1.165) is 34.3 Å². The average Bonchev–Trinajstić information content (AvgIpc) is 3.27. The van der Waals surface area contributed by atoms with Crippen molar-refractivity contribution in [3.05, 3.63) is 89.0 Å². The van der Waals surface area contributed by atoms with Crippen LogP contribution in [0.3, 0.4) is 0 Å². The summed E-state index contributed by atoms with van der Waals surface area (Å²) >= 11 is 11.1. The lowest BCUT2D eigenvalue weighted by molar-refractivity contribution is -0.115. The summed E-state index contributed by atoms with van der Waals surface area (Å²) in [5.41, 5.74) is 5.33. The van der Waals surface area contributed by atoms with Crippen LogP contribution in [0.15, 0.2) is 77.2 Å². The van der Waals surface area contributed by atoms with Crippen LogP contribution in [0.2, 0.25) is 5.02 Å². The third-order valence-corrected chi connectivity index (χ3v) is 5.97. The molecule has 0 aliphatic heterocycles. The van der Waals surface area contributed by atoms with Crippen molar-refractivity contribution in [1.29, 1.82) is 0 Å². The van der Waals surface area contributed by atoms with Crippen molar-refractivity contribution in [2.24, 2.45) is 0 Å². The Morgan fingerprint density at radius 3 is 2.56 bits per heavy atom. The number of nitrogens with one attached hydrogen (secondary N) is 2. The molecule has 1 aromatic heterocycles. The van der Waals surface area contributed by atoms with Crippen LogP contribution in [0, 0.1) is 0 Å². The van der Waals surface area contributed by atoms with Gasteiger partial charge >= 0.3 is 0 Å². The van der Waals surface area contributed by atoms with Crippen molar-refractivity contribution in [3.63, 3.8) is 0 Å². The Hall–Kier alpha value is -3.48. The molecule has 0 unspecified atom stereocenters. The van der Waals surface area contributed by atoms with Crippen LogP contribution in [0.1, 0.15) is 37.3 Å². The second kappa shape index (κ2) is 10.6. The van der Waals surface area contributed by atoms with Gasteiger partial charge in [0, 0.05) is 22.3 Å². The lowest BCUT2D eigenvalue weighted by Crippen LogP contribution is -2.32. The molecule has 0 radical (unpaired) electrons. The SMILES string of the molecule is CC[C@@H](C)c1ccc2oc(-c3ccc(NC(=S)NC(=O)/C=C/c4ccc(Cl)cc4)cc3)nc2c1. The summed E-state index contributed by atoms with van der Waals surface area (Å²) in [5.74, 6) is 0.713. The lowest BCUT2D eigenvalue weighted by Gasteiger charge is -2.08. The summed E-state index contributed by atoms with van der Waals surface area (Å²) in [5, 5.41) is 6.49. The number of carbonyl (C=O) groups excluding carboxylic acids is 1. The second-order valence-electron chi connectivity index (χ2n) is 7.96. The molecule has 0 bridgehead atoms. The zero-order chi connectivity index (χ0) is 24.1. The number of oxazole rings is 1. The minimum Gasteiger partial charge on any atom is -0.436 e. The maximum absolute atomic E-state index is 12.1. The van der Waals surface area contributed by atoms with Crippen molar-refractivity contribution in [1.82, 2.24) is 10.3 Å².